The van der Waals surface area contributed by atoms with E-state index in [2.05, 4.69) is 11.6 Å². The van der Waals surface area contributed by atoms with Gasteiger partial charge in [-0.15, -0.1) is 11.3 Å². The van der Waals surface area contributed by atoms with E-state index in [1.54, 1.807) is 24.5 Å². The number of benzene rings is 1. The summed E-state index contributed by atoms with van der Waals surface area (Å²) in [4.78, 5) is 4.36. The number of hydrogen-bond donors (Lipinski definition) is 0. The van der Waals surface area contributed by atoms with E-state index in [1.807, 2.05) is 18.2 Å². The van der Waals surface area contributed by atoms with Crippen molar-refractivity contribution in [2.75, 3.05) is 7.11 Å². The lowest BCUT2D eigenvalue weighted by molar-refractivity contribution is 0.415. The smallest absolute Gasteiger partial charge is 0.121 e. The van der Waals surface area contributed by atoms with Gasteiger partial charge in [-0.3, -0.25) is 0 Å². The molecule has 0 aliphatic carbocycles. The fourth-order valence-corrected chi connectivity index (χ4v) is 1.94. The lowest BCUT2D eigenvalue weighted by atomic mass is 10.3. The lowest BCUT2D eigenvalue weighted by Gasteiger charge is -1.96. The van der Waals surface area contributed by atoms with Crippen LogP contribution in [-0.4, -0.2) is 12.1 Å². The predicted molar refractivity (Wildman–Crippen MR) is 56.3 cm³/mol. The first kappa shape index (κ1) is 8.26. The number of fused-ring (bicyclic) bond motifs is 1. The molecule has 0 saturated carbocycles. The van der Waals surface area contributed by atoms with Crippen LogP contribution in [0.15, 0.2) is 24.8 Å². The van der Waals surface area contributed by atoms with Crippen LogP contribution in [0.25, 0.3) is 16.3 Å². The Balaban J connectivity index is 2.63. The monoisotopic (exact) mass is 191 g/mol. The third kappa shape index (κ3) is 1.42. The van der Waals surface area contributed by atoms with Gasteiger partial charge in [0.25, 0.3) is 0 Å². The van der Waals surface area contributed by atoms with Gasteiger partial charge in [0, 0.05) is 6.07 Å². The molecule has 0 saturated heterocycles. The number of thiazole rings is 1. The van der Waals surface area contributed by atoms with Gasteiger partial charge in [0.1, 0.15) is 10.8 Å². The van der Waals surface area contributed by atoms with Gasteiger partial charge in [0.15, 0.2) is 0 Å². The topological polar surface area (TPSA) is 22.1 Å². The minimum absolute atomic E-state index is 0.841. The predicted octanol–water partition coefficient (Wildman–Crippen LogP) is 2.95. The molecule has 0 spiro atoms. The number of ether oxygens (including phenoxy) is 1. The molecule has 0 bridgehead atoms. The van der Waals surface area contributed by atoms with E-state index in [4.69, 9.17) is 4.74 Å². The molecule has 0 unspecified atom stereocenters. The Kier molecular flexibility index (Phi) is 2.02. The van der Waals surface area contributed by atoms with E-state index in [9.17, 15) is 0 Å². The van der Waals surface area contributed by atoms with E-state index in [0.717, 1.165) is 21.0 Å². The molecule has 0 fully saturated rings. The Morgan fingerprint density at radius 2 is 2.38 bits per heavy atom. The Bertz CT molecular complexity index is 447. The second-order valence-corrected chi connectivity index (χ2v) is 3.65. The minimum Gasteiger partial charge on any atom is -0.497 e. The molecule has 0 atom stereocenters. The highest BCUT2D eigenvalue weighted by molar-refractivity contribution is 7.19. The van der Waals surface area contributed by atoms with Gasteiger partial charge in [-0.2, -0.15) is 0 Å². The minimum atomic E-state index is 0.841. The van der Waals surface area contributed by atoms with Gasteiger partial charge in [0.2, 0.25) is 0 Å². The number of rotatable bonds is 2. The summed E-state index contributed by atoms with van der Waals surface area (Å²) in [6.45, 7) is 3.69. The molecule has 1 aromatic heterocycles. The summed E-state index contributed by atoms with van der Waals surface area (Å²) in [5.74, 6) is 0.841. The van der Waals surface area contributed by atoms with Crippen LogP contribution >= 0.6 is 11.3 Å². The van der Waals surface area contributed by atoms with E-state index in [-0.39, 0.29) is 0 Å². The molecule has 0 N–H and O–H groups in total. The Morgan fingerprint density at radius 3 is 3.08 bits per heavy atom. The standard InChI is InChI=1S/C10H9NOS/c1-3-10-11-8-6-7(12-2)4-5-9(8)13-10/h3-6H,1H2,2H3. The van der Waals surface area contributed by atoms with Gasteiger partial charge >= 0.3 is 0 Å². The highest BCUT2D eigenvalue weighted by atomic mass is 32.1. The molecular formula is C10H9NOS. The molecule has 66 valence electrons. The summed E-state index contributed by atoms with van der Waals surface area (Å²) >= 11 is 1.63. The van der Waals surface area contributed by atoms with Gasteiger partial charge in [-0.05, 0) is 18.2 Å². The fraction of sp³-hybridized carbons (Fsp3) is 0.100. The van der Waals surface area contributed by atoms with Crippen LogP contribution in [0.5, 0.6) is 5.75 Å². The van der Waals surface area contributed by atoms with Crippen molar-refractivity contribution in [1.29, 1.82) is 0 Å². The summed E-state index contributed by atoms with van der Waals surface area (Å²) in [7, 11) is 1.65. The highest BCUT2D eigenvalue weighted by Crippen LogP contribution is 2.26. The third-order valence-electron chi connectivity index (χ3n) is 1.79. The zero-order valence-corrected chi connectivity index (χ0v) is 8.10. The molecule has 13 heavy (non-hydrogen) atoms. The first-order chi connectivity index (χ1) is 6.33. The summed E-state index contributed by atoms with van der Waals surface area (Å²) < 4.78 is 6.27. The van der Waals surface area contributed by atoms with Gasteiger partial charge in [-0.1, -0.05) is 6.58 Å². The second-order valence-electron chi connectivity index (χ2n) is 2.59. The summed E-state index contributed by atoms with van der Waals surface area (Å²) in [5.41, 5.74) is 0.972. The lowest BCUT2D eigenvalue weighted by Crippen LogP contribution is -1.80. The normalized spacial score (nSPS) is 10.2. The molecule has 1 aromatic carbocycles. The third-order valence-corrected chi connectivity index (χ3v) is 2.82. The van der Waals surface area contributed by atoms with Crippen LogP contribution in [0, 0.1) is 0 Å². The number of hydrogen-bond acceptors (Lipinski definition) is 3. The Labute approximate surface area is 80.5 Å². The Hall–Kier alpha value is -1.35. The van der Waals surface area contributed by atoms with Crippen molar-refractivity contribution in [1.82, 2.24) is 4.98 Å². The molecule has 0 aliphatic rings. The van der Waals surface area contributed by atoms with Crippen molar-refractivity contribution in [2.45, 2.75) is 0 Å². The largest absolute Gasteiger partial charge is 0.497 e. The van der Waals surface area contributed by atoms with Crippen molar-refractivity contribution < 1.29 is 4.74 Å². The molecule has 2 rings (SSSR count). The van der Waals surface area contributed by atoms with Gasteiger partial charge < -0.3 is 4.74 Å². The van der Waals surface area contributed by atoms with Crippen molar-refractivity contribution in [2.24, 2.45) is 0 Å². The fourth-order valence-electron chi connectivity index (χ4n) is 1.14. The maximum Gasteiger partial charge on any atom is 0.121 e. The molecule has 0 radical (unpaired) electrons. The van der Waals surface area contributed by atoms with Crippen molar-refractivity contribution in [3.05, 3.63) is 29.8 Å². The van der Waals surface area contributed by atoms with E-state index in [1.165, 1.54) is 0 Å². The number of nitrogens with zero attached hydrogens (tertiary/aromatic N) is 1. The summed E-state index contributed by atoms with van der Waals surface area (Å²) in [6, 6.07) is 5.88. The van der Waals surface area contributed by atoms with Crippen LogP contribution in [0.3, 0.4) is 0 Å². The van der Waals surface area contributed by atoms with Crippen LogP contribution < -0.4 is 4.74 Å². The van der Waals surface area contributed by atoms with Crippen molar-refractivity contribution >= 4 is 27.6 Å². The zero-order chi connectivity index (χ0) is 9.26. The quantitative estimate of drug-likeness (QED) is 0.728. The van der Waals surface area contributed by atoms with Crippen LogP contribution in [0.1, 0.15) is 5.01 Å². The first-order valence-corrected chi connectivity index (χ1v) is 4.72. The maximum atomic E-state index is 5.10. The average molecular weight is 191 g/mol. The SMILES string of the molecule is C=Cc1nc2cc(OC)ccc2s1. The molecule has 0 aliphatic heterocycles. The van der Waals surface area contributed by atoms with Crippen LogP contribution in [0.4, 0.5) is 0 Å². The molecule has 2 nitrogen and oxygen atoms in total. The summed E-state index contributed by atoms with van der Waals surface area (Å²) in [5, 5.41) is 0.947. The highest BCUT2D eigenvalue weighted by Gasteiger charge is 2.01. The zero-order valence-electron chi connectivity index (χ0n) is 7.28. The second kappa shape index (κ2) is 3.18. The van der Waals surface area contributed by atoms with Crippen LogP contribution in [0.2, 0.25) is 0 Å². The van der Waals surface area contributed by atoms with E-state index in [0.29, 0.717) is 0 Å². The Morgan fingerprint density at radius 1 is 1.54 bits per heavy atom. The summed E-state index contributed by atoms with van der Waals surface area (Å²) in [6.07, 6.45) is 1.76. The molecule has 2 aromatic rings. The van der Waals surface area contributed by atoms with Crippen LogP contribution in [-0.2, 0) is 0 Å². The van der Waals surface area contributed by atoms with Crippen molar-refractivity contribution in [3.63, 3.8) is 0 Å². The maximum absolute atomic E-state index is 5.10. The van der Waals surface area contributed by atoms with E-state index >= 15 is 0 Å². The molecule has 1 heterocycles. The van der Waals surface area contributed by atoms with Gasteiger partial charge in [0.05, 0.1) is 17.3 Å². The first-order valence-electron chi connectivity index (χ1n) is 3.90. The van der Waals surface area contributed by atoms with Gasteiger partial charge in [-0.25, -0.2) is 4.98 Å². The van der Waals surface area contributed by atoms with Crippen molar-refractivity contribution in [3.8, 4) is 5.75 Å². The molecule has 0 amide bonds. The molecular weight excluding hydrogens is 182 g/mol. The average Bonchev–Trinajstić information content (AvgIpc) is 2.58. The number of methoxy groups -OCH3 is 1. The molecule has 3 heteroatoms. The number of aromatic nitrogens is 1. The van der Waals surface area contributed by atoms with E-state index < -0.39 is 0 Å².